The third-order valence-electron chi connectivity index (χ3n) is 5.73. The summed E-state index contributed by atoms with van der Waals surface area (Å²) >= 11 is 0. The van der Waals surface area contributed by atoms with E-state index in [1.165, 1.54) is 0 Å². The molecule has 2 heterocycles. The second kappa shape index (κ2) is 8.95. The molecule has 5 rings (SSSR count). The molecule has 2 aromatic carbocycles. The molecule has 10 heteroatoms. The third-order valence-corrected chi connectivity index (χ3v) is 6.96. The van der Waals surface area contributed by atoms with Crippen LogP contribution in [-0.4, -0.2) is 25.1 Å². The summed E-state index contributed by atoms with van der Waals surface area (Å²) in [4.78, 5) is 19.4. The van der Waals surface area contributed by atoms with Crippen molar-refractivity contribution in [3.8, 4) is 5.75 Å². The highest BCUT2D eigenvalue weighted by molar-refractivity contribution is 7.89. The van der Waals surface area contributed by atoms with Gasteiger partial charge in [0.15, 0.2) is 5.75 Å². The van der Waals surface area contributed by atoms with E-state index in [9.17, 15) is 17.6 Å². The predicted octanol–water partition coefficient (Wildman–Crippen LogP) is 4.51. The number of nitrogens with one attached hydrogen (secondary N) is 1. The van der Waals surface area contributed by atoms with Gasteiger partial charge in [-0.2, -0.15) is 18.4 Å². The molecule has 0 amide bonds. The molecule has 2 aromatic heterocycles. The zero-order valence-electron chi connectivity index (χ0n) is 18.6. The van der Waals surface area contributed by atoms with E-state index >= 15 is 0 Å². The SMILES string of the molecule is Cc1c(C(=O)Oc2cccc3cccnc23)oc2c1/C(=N/NS(=O)(=O)c1ccc(F)cc1)CCC2. The van der Waals surface area contributed by atoms with E-state index in [4.69, 9.17) is 9.15 Å². The summed E-state index contributed by atoms with van der Waals surface area (Å²) in [6.45, 7) is 1.70. The number of hydrazone groups is 1. The lowest BCUT2D eigenvalue weighted by Crippen LogP contribution is -2.22. The van der Waals surface area contributed by atoms with Gasteiger partial charge >= 0.3 is 5.97 Å². The van der Waals surface area contributed by atoms with Crippen molar-refractivity contribution in [3.05, 3.63) is 89.3 Å². The molecule has 0 radical (unpaired) electrons. The Bertz CT molecular complexity index is 1570. The number of nitrogens with zero attached hydrogens (tertiary/aromatic N) is 2. The van der Waals surface area contributed by atoms with Crippen LogP contribution in [0.15, 0.2) is 75.2 Å². The van der Waals surface area contributed by atoms with Crippen molar-refractivity contribution in [2.45, 2.75) is 31.1 Å². The highest BCUT2D eigenvalue weighted by atomic mass is 32.2. The van der Waals surface area contributed by atoms with E-state index in [2.05, 4.69) is 14.9 Å². The van der Waals surface area contributed by atoms with Gasteiger partial charge in [0.1, 0.15) is 17.1 Å². The highest BCUT2D eigenvalue weighted by Gasteiger charge is 2.29. The molecule has 0 saturated heterocycles. The van der Waals surface area contributed by atoms with Gasteiger partial charge in [0.2, 0.25) is 5.76 Å². The Morgan fingerprint density at radius 1 is 1.11 bits per heavy atom. The van der Waals surface area contributed by atoms with Crippen LogP contribution in [0.25, 0.3) is 10.9 Å². The van der Waals surface area contributed by atoms with Gasteiger partial charge in [-0.05, 0) is 56.2 Å². The molecule has 0 unspecified atom stereocenters. The van der Waals surface area contributed by atoms with Crippen LogP contribution in [0.3, 0.4) is 0 Å². The van der Waals surface area contributed by atoms with Crippen molar-refractivity contribution in [2.75, 3.05) is 0 Å². The number of carbonyl (C=O) groups is 1. The number of sulfonamides is 1. The summed E-state index contributed by atoms with van der Waals surface area (Å²) in [5.74, 6) is -0.348. The maximum Gasteiger partial charge on any atom is 0.380 e. The average molecular weight is 494 g/mol. The summed E-state index contributed by atoms with van der Waals surface area (Å²) in [5.41, 5.74) is 2.09. The van der Waals surface area contributed by atoms with Crippen molar-refractivity contribution >= 4 is 32.6 Å². The number of para-hydroxylation sites is 1. The Hall–Kier alpha value is -4.05. The van der Waals surface area contributed by atoms with Crippen molar-refractivity contribution < 1.29 is 26.8 Å². The van der Waals surface area contributed by atoms with Crippen LogP contribution in [-0.2, 0) is 16.4 Å². The van der Waals surface area contributed by atoms with E-state index in [-0.39, 0.29) is 10.7 Å². The molecule has 1 N–H and O–H groups in total. The van der Waals surface area contributed by atoms with Crippen LogP contribution in [0.1, 0.15) is 40.3 Å². The number of rotatable bonds is 5. The number of benzene rings is 2. The monoisotopic (exact) mass is 493 g/mol. The topological polar surface area (TPSA) is 111 Å². The first kappa shape index (κ1) is 22.7. The number of ether oxygens (including phenoxy) is 1. The maximum atomic E-state index is 13.1. The number of hydrogen-bond acceptors (Lipinski definition) is 7. The average Bonchev–Trinajstić information content (AvgIpc) is 3.20. The van der Waals surface area contributed by atoms with Crippen LogP contribution in [0.4, 0.5) is 4.39 Å². The lowest BCUT2D eigenvalue weighted by Gasteiger charge is -2.14. The van der Waals surface area contributed by atoms with Crippen LogP contribution in [0, 0.1) is 12.7 Å². The molecule has 1 aliphatic carbocycles. The number of aryl methyl sites for hydroxylation is 1. The fraction of sp³-hybridized carbons (Fsp3) is 0.160. The summed E-state index contributed by atoms with van der Waals surface area (Å²) in [6.07, 6.45) is 3.34. The van der Waals surface area contributed by atoms with E-state index < -0.39 is 21.8 Å². The van der Waals surface area contributed by atoms with Gasteiger partial charge in [0.05, 0.1) is 10.6 Å². The number of carbonyl (C=O) groups excluding carboxylic acids is 1. The summed E-state index contributed by atoms with van der Waals surface area (Å²) in [6, 6.07) is 13.4. The molecule has 0 aliphatic heterocycles. The Morgan fingerprint density at radius 3 is 2.69 bits per heavy atom. The zero-order chi connectivity index (χ0) is 24.6. The Labute approximate surface area is 200 Å². The maximum absolute atomic E-state index is 13.1. The van der Waals surface area contributed by atoms with Crippen molar-refractivity contribution in [1.29, 1.82) is 0 Å². The minimum atomic E-state index is -4.00. The molecule has 8 nitrogen and oxygen atoms in total. The molecular weight excluding hydrogens is 473 g/mol. The number of furan rings is 1. The fourth-order valence-electron chi connectivity index (χ4n) is 4.06. The Kier molecular flexibility index (Phi) is 5.81. The molecule has 1 aliphatic rings. The third kappa shape index (κ3) is 4.40. The Morgan fingerprint density at radius 2 is 1.89 bits per heavy atom. The number of halogens is 1. The lowest BCUT2D eigenvalue weighted by molar-refractivity contribution is 0.0700. The second-order valence-corrected chi connectivity index (χ2v) is 9.70. The van der Waals surface area contributed by atoms with Crippen LogP contribution in [0.5, 0.6) is 5.75 Å². The van der Waals surface area contributed by atoms with Gasteiger partial charge in [-0.15, -0.1) is 0 Å². The van der Waals surface area contributed by atoms with Gasteiger partial charge in [-0.3, -0.25) is 4.98 Å². The summed E-state index contributed by atoms with van der Waals surface area (Å²) in [5, 5.41) is 4.95. The predicted molar refractivity (Wildman–Crippen MR) is 126 cm³/mol. The van der Waals surface area contributed by atoms with Crippen LogP contribution in [0.2, 0.25) is 0 Å². The van der Waals surface area contributed by atoms with E-state index in [1.807, 2.05) is 12.1 Å². The number of hydrogen-bond donors (Lipinski definition) is 1. The molecule has 35 heavy (non-hydrogen) atoms. The standard InChI is InChI=1S/C25H20FN3O5S/c1-15-22-19(28-29-35(31,32)18-12-10-17(26)11-13-18)7-3-8-20(22)33-24(15)25(30)34-21-9-2-5-16-6-4-14-27-23(16)21/h2,4-6,9-14,29H,3,7-8H2,1H3/b28-19+. The van der Waals surface area contributed by atoms with Gasteiger partial charge in [0.25, 0.3) is 10.0 Å². The number of aromatic nitrogens is 1. The smallest absolute Gasteiger partial charge is 0.380 e. The second-order valence-electron chi connectivity index (χ2n) is 8.04. The van der Waals surface area contributed by atoms with Gasteiger partial charge in [-0.1, -0.05) is 18.2 Å². The van der Waals surface area contributed by atoms with Crippen molar-refractivity contribution in [1.82, 2.24) is 9.82 Å². The number of esters is 1. The number of fused-ring (bicyclic) bond motifs is 2. The first-order chi connectivity index (χ1) is 16.8. The molecular formula is C25H20FN3O5S. The van der Waals surface area contributed by atoms with E-state index in [0.29, 0.717) is 53.1 Å². The highest BCUT2D eigenvalue weighted by Crippen LogP contribution is 2.31. The fourth-order valence-corrected chi connectivity index (χ4v) is 4.89. The first-order valence-corrected chi connectivity index (χ1v) is 12.3. The van der Waals surface area contributed by atoms with Gasteiger partial charge in [0, 0.05) is 29.1 Å². The molecule has 0 fully saturated rings. The first-order valence-electron chi connectivity index (χ1n) is 10.9. The minimum Gasteiger partial charge on any atom is -0.453 e. The van der Waals surface area contributed by atoms with Crippen molar-refractivity contribution in [2.24, 2.45) is 5.10 Å². The van der Waals surface area contributed by atoms with Crippen LogP contribution < -0.4 is 9.57 Å². The Balaban J connectivity index is 1.43. The molecule has 0 saturated carbocycles. The van der Waals surface area contributed by atoms with Gasteiger partial charge < -0.3 is 9.15 Å². The lowest BCUT2D eigenvalue weighted by atomic mass is 9.93. The van der Waals surface area contributed by atoms with Crippen LogP contribution >= 0.6 is 0 Å². The summed E-state index contributed by atoms with van der Waals surface area (Å²) in [7, 11) is -4.00. The van der Waals surface area contributed by atoms with Crippen molar-refractivity contribution in [3.63, 3.8) is 0 Å². The number of pyridine rings is 1. The molecule has 0 spiro atoms. The normalized spacial score (nSPS) is 14.6. The van der Waals surface area contributed by atoms with Gasteiger partial charge in [-0.25, -0.2) is 9.18 Å². The summed E-state index contributed by atoms with van der Waals surface area (Å²) < 4.78 is 49.7. The van der Waals surface area contributed by atoms with E-state index in [0.717, 1.165) is 29.7 Å². The quantitative estimate of drug-likeness (QED) is 0.249. The molecule has 178 valence electrons. The minimum absolute atomic E-state index is 0.0268. The van der Waals surface area contributed by atoms with E-state index in [1.54, 1.807) is 31.3 Å². The molecule has 4 aromatic rings. The molecule has 0 bridgehead atoms. The molecule has 0 atom stereocenters. The zero-order valence-corrected chi connectivity index (χ0v) is 19.4. The largest absolute Gasteiger partial charge is 0.453 e.